The van der Waals surface area contributed by atoms with Gasteiger partial charge in [-0.25, -0.2) is 9.37 Å². The number of rotatable bonds is 6. The van der Waals surface area contributed by atoms with E-state index in [1.807, 2.05) is 39.2 Å². The molecule has 2 heterocycles. The fraction of sp³-hybridized carbons (Fsp3) is 0.364. The predicted octanol–water partition coefficient (Wildman–Crippen LogP) is 4.31. The van der Waals surface area contributed by atoms with Crippen molar-refractivity contribution < 1.29 is 9.18 Å². The highest BCUT2D eigenvalue weighted by atomic mass is 32.2. The zero-order valence-electron chi connectivity index (χ0n) is 18.2. The summed E-state index contributed by atoms with van der Waals surface area (Å²) in [6.07, 6.45) is 0. The van der Waals surface area contributed by atoms with Crippen molar-refractivity contribution in [1.29, 1.82) is 5.26 Å². The Morgan fingerprint density at radius 1 is 1.29 bits per heavy atom. The zero-order chi connectivity index (χ0) is 22.8. The minimum Gasteiger partial charge on any atom is -0.326 e. The third-order valence-corrected chi connectivity index (χ3v) is 5.81. The number of nitriles is 1. The van der Waals surface area contributed by atoms with Gasteiger partial charge in [0.15, 0.2) is 0 Å². The molecular formula is C22H25FN6OS. The number of H-pyrrole nitrogens is 1. The Kier molecular flexibility index (Phi) is 6.51. The largest absolute Gasteiger partial charge is 0.326 e. The number of halogens is 1. The minimum atomic E-state index is -0.311. The van der Waals surface area contributed by atoms with Crippen molar-refractivity contribution in [1.82, 2.24) is 19.7 Å². The molecule has 0 saturated heterocycles. The fourth-order valence-corrected chi connectivity index (χ4v) is 3.64. The number of aromatic amines is 1. The Bertz CT molecular complexity index is 1130. The summed E-state index contributed by atoms with van der Waals surface area (Å²) >= 11 is 1.22. The van der Waals surface area contributed by atoms with Crippen molar-refractivity contribution in [3.63, 3.8) is 0 Å². The van der Waals surface area contributed by atoms with E-state index in [2.05, 4.69) is 26.6 Å². The van der Waals surface area contributed by atoms with Crippen LogP contribution in [-0.2, 0) is 16.8 Å². The van der Waals surface area contributed by atoms with Crippen LogP contribution >= 0.6 is 11.8 Å². The van der Waals surface area contributed by atoms with Gasteiger partial charge < -0.3 is 9.88 Å². The minimum absolute atomic E-state index is 0.103. The predicted molar refractivity (Wildman–Crippen MR) is 119 cm³/mol. The average molecular weight is 441 g/mol. The zero-order valence-corrected chi connectivity index (χ0v) is 19.0. The number of hydrogen-bond acceptors (Lipinski definition) is 5. The van der Waals surface area contributed by atoms with Crippen LogP contribution in [0.25, 0.3) is 0 Å². The van der Waals surface area contributed by atoms with Crippen LogP contribution in [0.15, 0.2) is 29.4 Å². The Morgan fingerprint density at radius 3 is 2.55 bits per heavy atom. The number of amides is 1. The molecule has 0 unspecified atom stereocenters. The van der Waals surface area contributed by atoms with Crippen LogP contribution in [0.2, 0.25) is 0 Å². The second-order valence-electron chi connectivity index (χ2n) is 8.31. The smallest absolute Gasteiger partial charge is 0.235 e. The monoisotopic (exact) mass is 440 g/mol. The molecule has 9 heteroatoms. The molecule has 7 nitrogen and oxygen atoms in total. The van der Waals surface area contributed by atoms with Crippen molar-refractivity contribution in [3.05, 3.63) is 58.3 Å². The van der Waals surface area contributed by atoms with Gasteiger partial charge in [0.05, 0.1) is 11.3 Å². The van der Waals surface area contributed by atoms with Crippen molar-refractivity contribution in [2.75, 3.05) is 11.1 Å². The van der Waals surface area contributed by atoms with Crippen molar-refractivity contribution in [2.45, 2.75) is 51.7 Å². The standard InChI is InChI=1S/C22H25FN6OS/c1-13-14(2)29(11-15-6-8-16(23)9-7-15)19(17(13)10-24)25-18(30)12-31-21-26-20(27-28-21)22(3,4)5/h6-9H,11-12H2,1-5H3,(H,25,30)(H,26,27,28). The molecule has 0 aliphatic heterocycles. The quantitative estimate of drug-likeness (QED) is 0.557. The molecule has 3 aromatic rings. The van der Waals surface area contributed by atoms with Crippen molar-refractivity contribution in [3.8, 4) is 6.07 Å². The van der Waals surface area contributed by atoms with E-state index < -0.39 is 0 Å². The Balaban J connectivity index is 1.77. The molecule has 0 bridgehead atoms. The first-order valence-electron chi connectivity index (χ1n) is 9.80. The maximum atomic E-state index is 13.2. The molecule has 0 atom stereocenters. The lowest BCUT2D eigenvalue weighted by Gasteiger charge is -2.13. The van der Waals surface area contributed by atoms with E-state index in [1.165, 1.54) is 23.9 Å². The van der Waals surface area contributed by atoms with Crippen LogP contribution in [0.1, 0.15) is 49.0 Å². The summed E-state index contributed by atoms with van der Waals surface area (Å²) in [5.41, 5.74) is 2.80. The Hall–Kier alpha value is -3.12. The van der Waals surface area contributed by atoms with Gasteiger partial charge in [0.1, 0.15) is 23.5 Å². The van der Waals surface area contributed by atoms with E-state index in [1.54, 1.807) is 12.1 Å². The van der Waals surface area contributed by atoms with Gasteiger partial charge in [-0.2, -0.15) is 5.26 Å². The van der Waals surface area contributed by atoms with Crippen molar-refractivity contribution in [2.24, 2.45) is 0 Å². The maximum absolute atomic E-state index is 13.2. The molecule has 0 radical (unpaired) electrons. The van der Waals surface area contributed by atoms with E-state index in [0.717, 1.165) is 22.6 Å². The summed E-state index contributed by atoms with van der Waals surface area (Å²) in [5.74, 6) is 0.724. The van der Waals surface area contributed by atoms with Gasteiger partial charge in [-0.1, -0.05) is 44.7 Å². The molecule has 162 valence electrons. The molecule has 1 aromatic carbocycles. The van der Waals surface area contributed by atoms with Crippen LogP contribution in [0, 0.1) is 31.0 Å². The molecule has 2 N–H and O–H groups in total. The number of thioether (sulfide) groups is 1. The number of anilines is 1. The summed E-state index contributed by atoms with van der Waals surface area (Å²) < 4.78 is 15.1. The second-order valence-corrected chi connectivity index (χ2v) is 9.25. The number of hydrogen-bond donors (Lipinski definition) is 2. The van der Waals surface area contributed by atoms with E-state index >= 15 is 0 Å². The number of nitrogens with zero attached hydrogens (tertiary/aromatic N) is 4. The highest BCUT2D eigenvalue weighted by molar-refractivity contribution is 7.99. The lowest BCUT2D eigenvalue weighted by Crippen LogP contribution is -2.18. The first-order chi connectivity index (χ1) is 14.6. The maximum Gasteiger partial charge on any atom is 0.235 e. The number of benzene rings is 1. The van der Waals surface area contributed by atoms with Gasteiger partial charge in [-0.3, -0.25) is 9.89 Å². The highest BCUT2D eigenvalue weighted by Crippen LogP contribution is 2.28. The third kappa shape index (κ3) is 5.14. The summed E-state index contributed by atoms with van der Waals surface area (Å²) in [4.78, 5) is 17.1. The molecular weight excluding hydrogens is 415 g/mol. The van der Waals surface area contributed by atoms with Crippen LogP contribution in [0.5, 0.6) is 0 Å². The molecule has 0 fully saturated rings. The summed E-state index contributed by atoms with van der Waals surface area (Å²) in [5, 5.41) is 20.1. The normalized spacial score (nSPS) is 11.4. The molecule has 2 aromatic heterocycles. The Labute approximate surface area is 185 Å². The summed E-state index contributed by atoms with van der Waals surface area (Å²) in [6, 6.07) is 8.35. The molecule has 3 rings (SSSR count). The number of aromatic nitrogens is 4. The van der Waals surface area contributed by atoms with E-state index in [-0.39, 0.29) is 22.9 Å². The van der Waals surface area contributed by atoms with Gasteiger partial charge >= 0.3 is 0 Å². The average Bonchev–Trinajstić information content (AvgIpc) is 3.28. The van der Waals surface area contributed by atoms with E-state index in [0.29, 0.717) is 23.1 Å². The first-order valence-corrected chi connectivity index (χ1v) is 10.8. The molecule has 1 amide bonds. The third-order valence-electron chi connectivity index (χ3n) is 4.96. The summed E-state index contributed by atoms with van der Waals surface area (Å²) in [6.45, 7) is 10.2. The molecule has 31 heavy (non-hydrogen) atoms. The van der Waals surface area contributed by atoms with Gasteiger partial charge in [-0.05, 0) is 37.1 Å². The fourth-order valence-electron chi connectivity index (χ4n) is 3.05. The van der Waals surface area contributed by atoms with Crippen LogP contribution in [0.4, 0.5) is 10.2 Å². The Morgan fingerprint density at radius 2 is 1.97 bits per heavy atom. The highest BCUT2D eigenvalue weighted by Gasteiger charge is 2.21. The molecule has 0 aliphatic carbocycles. The van der Waals surface area contributed by atoms with E-state index in [4.69, 9.17) is 0 Å². The number of carbonyl (C=O) groups is 1. The molecule has 0 aliphatic rings. The number of carbonyl (C=O) groups excluding carboxylic acids is 1. The van der Waals surface area contributed by atoms with E-state index in [9.17, 15) is 14.4 Å². The number of nitrogens with one attached hydrogen (secondary N) is 2. The van der Waals surface area contributed by atoms with Gasteiger partial charge in [0.25, 0.3) is 0 Å². The lowest BCUT2D eigenvalue weighted by molar-refractivity contribution is -0.113. The van der Waals surface area contributed by atoms with Crippen LogP contribution < -0.4 is 5.32 Å². The van der Waals surface area contributed by atoms with Crippen molar-refractivity contribution >= 4 is 23.5 Å². The van der Waals surface area contributed by atoms with Crippen LogP contribution in [-0.4, -0.2) is 31.4 Å². The van der Waals surface area contributed by atoms with Crippen LogP contribution in [0.3, 0.4) is 0 Å². The van der Waals surface area contributed by atoms with Gasteiger partial charge in [-0.15, -0.1) is 5.10 Å². The summed E-state index contributed by atoms with van der Waals surface area (Å²) in [7, 11) is 0. The molecule has 0 saturated carbocycles. The molecule has 0 spiro atoms. The van der Waals surface area contributed by atoms with Gasteiger partial charge in [0, 0.05) is 17.7 Å². The topological polar surface area (TPSA) is 99.4 Å². The van der Waals surface area contributed by atoms with Gasteiger partial charge in [0.2, 0.25) is 11.1 Å². The lowest BCUT2D eigenvalue weighted by atomic mass is 9.96. The first kappa shape index (κ1) is 22.6. The SMILES string of the molecule is Cc1c(C#N)c(NC(=O)CSc2n[nH]c(C(C)(C)C)n2)n(Cc2ccc(F)cc2)c1C. The second kappa shape index (κ2) is 8.94.